The van der Waals surface area contributed by atoms with Crippen LogP contribution in [-0.2, 0) is 29.1 Å². The van der Waals surface area contributed by atoms with E-state index in [0.717, 1.165) is 0 Å². The number of rotatable bonds is 0. The van der Waals surface area contributed by atoms with Crippen LogP contribution < -0.4 is 0 Å². The van der Waals surface area contributed by atoms with E-state index in [1.165, 1.54) is 0 Å². The van der Waals surface area contributed by atoms with Gasteiger partial charge in [0.15, 0.2) is 0 Å². The van der Waals surface area contributed by atoms with Crippen molar-refractivity contribution in [1.29, 1.82) is 0 Å². The minimum absolute atomic E-state index is 0. The van der Waals surface area contributed by atoms with Gasteiger partial charge in [0.2, 0.25) is 0 Å². The Morgan fingerprint density at radius 1 is 1.33 bits per heavy atom. The Bertz CT molecular complexity index is 136. The zero-order chi connectivity index (χ0) is 9.98. The van der Waals surface area contributed by atoms with E-state index in [0.29, 0.717) is 12.8 Å². The van der Waals surface area contributed by atoms with Gasteiger partial charge in [-0.2, -0.15) is 0 Å². The summed E-state index contributed by atoms with van der Waals surface area (Å²) >= 11 is 2.31. The van der Waals surface area contributed by atoms with Crippen molar-refractivity contribution < 1.29 is 34.2 Å². The number of carbonyl (C=O) groups excluding carboxylic acids is 2. The van der Waals surface area contributed by atoms with Gasteiger partial charge >= 0.3 is 19.5 Å². The minimum atomic E-state index is -0.273. The van der Waals surface area contributed by atoms with E-state index < -0.39 is 0 Å². The molecule has 2 amide bonds. The van der Waals surface area contributed by atoms with Crippen LogP contribution in [0.15, 0.2) is 0 Å². The van der Waals surface area contributed by atoms with Gasteiger partial charge in [-0.3, -0.25) is 0 Å². The maximum atomic E-state index is 10.1. The molecular formula is C6H9CoNO4-2. The molecule has 1 aliphatic rings. The molecule has 0 aromatic carbocycles. The fourth-order valence-corrected chi connectivity index (χ4v) is 0.465. The van der Waals surface area contributed by atoms with Gasteiger partial charge in [0.05, 0.1) is 11.8 Å². The Kier molecular flexibility index (Phi) is 12.1. The standard InChI is InChI=1S/C4H5NO2.C2H5O.Co.O/c6-3-1-2-4(7)5-3;1-2-3;;/h1-2H2,(H,5,6,7);3H,1-2H2;;/q;-1;;/p-1. The zero-order valence-electron chi connectivity index (χ0n) is 6.28. The number of aliphatic hydroxyl groups is 1. The summed E-state index contributed by atoms with van der Waals surface area (Å²) in [5.41, 5.74) is 0. The third kappa shape index (κ3) is 9.41. The zero-order valence-corrected chi connectivity index (χ0v) is 7.32. The summed E-state index contributed by atoms with van der Waals surface area (Å²) in [6.45, 7) is 3.04. The van der Waals surface area contributed by atoms with Crippen LogP contribution in [0.1, 0.15) is 12.8 Å². The van der Waals surface area contributed by atoms with Crippen molar-refractivity contribution in [1.82, 2.24) is 0 Å². The van der Waals surface area contributed by atoms with E-state index in [9.17, 15) is 9.59 Å². The number of imide groups is 1. The molecule has 1 N–H and O–H groups in total. The molecule has 0 bridgehead atoms. The Morgan fingerprint density at radius 2 is 1.58 bits per heavy atom. The third-order valence-corrected chi connectivity index (χ3v) is 0.802. The van der Waals surface area contributed by atoms with Crippen molar-refractivity contribution in [3.05, 3.63) is 12.2 Å². The predicted molar refractivity (Wildman–Crippen MR) is 35.7 cm³/mol. The Hall–Kier alpha value is -0.594. The molecule has 0 unspecified atom stereocenters. The van der Waals surface area contributed by atoms with E-state index in [1.54, 1.807) is 0 Å². The fourth-order valence-electron chi connectivity index (χ4n) is 0.465. The maximum absolute atomic E-state index is 10.1. The molecule has 6 heteroatoms. The van der Waals surface area contributed by atoms with E-state index in [2.05, 4.69) is 27.9 Å². The Morgan fingerprint density at radius 3 is 1.67 bits per heavy atom. The molecule has 12 heavy (non-hydrogen) atoms. The molecule has 0 radical (unpaired) electrons. The second kappa shape index (κ2) is 10.4. The molecule has 0 atom stereocenters. The van der Waals surface area contributed by atoms with Gasteiger partial charge in [-0.25, -0.2) is 0 Å². The second-order valence-electron chi connectivity index (χ2n) is 1.62. The first-order valence-electron chi connectivity index (χ1n) is 3.01. The summed E-state index contributed by atoms with van der Waals surface area (Å²) in [6.07, 6.45) is 0.637. The van der Waals surface area contributed by atoms with Crippen LogP contribution in [0.4, 0.5) is 0 Å². The topological polar surface area (TPSA) is 85.5 Å². The number of hydrogen-bond acceptors (Lipinski definition) is 4. The molecule has 1 fully saturated rings. The first-order chi connectivity index (χ1) is 5.70. The molecule has 1 rings (SSSR count). The average molecular weight is 218 g/mol. The van der Waals surface area contributed by atoms with E-state index in [1.807, 2.05) is 0 Å². The summed E-state index contributed by atoms with van der Waals surface area (Å²) in [5, 5.41) is 10.6. The first kappa shape index (κ1) is 14.0. The van der Waals surface area contributed by atoms with Crippen LogP contribution >= 0.6 is 0 Å². The normalized spacial score (nSPS) is 13.6. The molecule has 73 valence electrons. The van der Waals surface area contributed by atoms with E-state index in [4.69, 9.17) is 8.97 Å². The van der Waals surface area contributed by atoms with Gasteiger partial charge in [0, 0.05) is 0 Å². The molecular weight excluding hydrogens is 209 g/mol. The fraction of sp³-hybridized carbons (Fsp3) is 0.500. The number of amides is 2. The number of nitrogens with zero attached hydrogens (tertiary/aromatic N) is 1. The van der Waals surface area contributed by atoms with Crippen molar-refractivity contribution in [2.45, 2.75) is 12.8 Å². The van der Waals surface area contributed by atoms with Gasteiger partial charge in [-0.05, 0) is 12.8 Å². The monoisotopic (exact) mass is 218 g/mol. The average Bonchev–Trinajstić information content (AvgIpc) is 2.40. The first-order valence-corrected chi connectivity index (χ1v) is 3.44. The van der Waals surface area contributed by atoms with E-state index in [-0.39, 0.29) is 18.4 Å². The predicted octanol–water partition coefficient (Wildman–Crippen LogP) is -0.101. The summed E-state index contributed by atoms with van der Waals surface area (Å²) in [4.78, 5) is 20.1. The molecule has 1 saturated heterocycles. The van der Waals surface area contributed by atoms with Crippen LogP contribution in [0.2, 0.25) is 0 Å². The molecule has 1 heterocycles. The SMILES string of the molecule is O=C1CCC(=O)[N-]1.[CH2-]CO.[O]=[Co]. The molecule has 0 saturated carbocycles. The second-order valence-corrected chi connectivity index (χ2v) is 1.62. The summed E-state index contributed by atoms with van der Waals surface area (Å²) in [6, 6.07) is 0. The van der Waals surface area contributed by atoms with Gasteiger partial charge in [0.1, 0.15) is 0 Å². The van der Waals surface area contributed by atoms with Gasteiger partial charge in [-0.15, -0.1) is 0 Å². The number of carbonyl (C=O) groups is 2. The molecule has 1 aliphatic heterocycles. The van der Waals surface area contributed by atoms with Crippen LogP contribution in [0.3, 0.4) is 0 Å². The van der Waals surface area contributed by atoms with Crippen LogP contribution in [0.5, 0.6) is 0 Å². The van der Waals surface area contributed by atoms with Crippen molar-refractivity contribution in [2.24, 2.45) is 0 Å². The molecule has 0 aliphatic carbocycles. The Balaban J connectivity index is 0. The van der Waals surface area contributed by atoms with Crippen LogP contribution in [0.25, 0.3) is 5.32 Å². The van der Waals surface area contributed by atoms with Crippen molar-refractivity contribution >= 4 is 11.8 Å². The quantitative estimate of drug-likeness (QED) is 0.454. The van der Waals surface area contributed by atoms with Gasteiger partial charge < -0.3 is 26.9 Å². The third-order valence-electron chi connectivity index (χ3n) is 0.802. The van der Waals surface area contributed by atoms with Crippen molar-refractivity contribution in [3.8, 4) is 0 Å². The van der Waals surface area contributed by atoms with Crippen LogP contribution in [0, 0.1) is 6.92 Å². The molecule has 0 aromatic heterocycles. The molecule has 5 nitrogen and oxygen atoms in total. The number of hydrogen-bond donors (Lipinski definition) is 1. The van der Waals surface area contributed by atoms with Crippen molar-refractivity contribution in [2.75, 3.05) is 6.61 Å². The molecule has 0 aromatic rings. The number of aliphatic hydroxyl groups excluding tert-OH is 1. The van der Waals surface area contributed by atoms with Crippen molar-refractivity contribution in [3.63, 3.8) is 0 Å². The van der Waals surface area contributed by atoms with Gasteiger partial charge in [-0.1, -0.05) is 6.61 Å². The summed E-state index contributed by atoms with van der Waals surface area (Å²) in [5.74, 6) is -0.546. The van der Waals surface area contributed by atoms with E-state index >= 15 is 0 Å². The Labute approximate surface area is 78.3 Å². The van der Waals surface area contributed by atoms with Crippen LogP contribution in [-0.4, -0.2) is 23.5 Å². The van der Waals surface area contributed by atoms with Gasteiger partial charge in [0.25, 0.3) is 0 Å². The molecule has 0 spiro atoms. The summed E-state index contributed by atoms with van der Waals surface area (Å²) < 4.78 is 7.94. The summed E-state index contributed by atoms with van der Waals surface area (Å²) in [7, 11) is 0.